The van der Waals surface area contributed by atoms with E-state index in [9.17, 15) is 13.2 Å². The minimum atomic E-state index is -3.35. The van der Waals surface area contributed by atoms with E-state index < -0.39 is 16.0 Å². The van der Waals surface area contributed by atoms with E-state index in [4.69, 9.17) is 9.84 Å². The van der Waals surface area contributed by atoms with Crippen molar-refractivity contribution in [3.05, 3.63) is 56.5 Å². The van der Waals surface area contributed by atoms with E-state index >= 15 is 0 Å². The molecule has 28 heavy (non-hydrogen) atoms. The van der Waals surface area contributed by atoms with Gasteiger partial charge in [-0.2, -0.15) is 0 Å². The Balaban J connectivity index is 2.08. The summed E-state index contributed by atoms with van der Waals surface area (Å²) < 4.78 is 33.7. The molecule has 9 heteroatoms. The van der Waals surface area contributed by atoms with E-state index in [0.717, 1.165) is 11.1 Å². The van der Waals surface area contributed by atoms with Crippen LogP contribution in [0.15, 0.2) is 45.3 Å². The van der Waals surface area contributed by atoms with Gasteiger partial charge in [0.2, 0.25) is 10.0 Å². The third-order valence-corrected chi connectivity index (χ3v) is 6.41. The quantitative estimate of drug-likeness (QED) is 0.449. The van der Waals surface area contributed by atoms with Crippen LogP contribution >= 0.6 is 31.9 Å². The summed E-state index contributed by atoms with van der Waals surface area (Å²) in [4.78, 5) is 10.7. The lowest BCUT2D eigenvalue weighted by atomic mass is 10.1. The van der Waals surface area contributed by atoms with Crippen molar-refractivity contribution in [1.82, 2.24) is 0 Å². The van der Waals surface area contributed by atoms with Crippen LogP contribution in [0.3, 0.4) is 0 Å². The summed E-state index contributed by atoms with van der Waals surface area (Å²) in [6, 6.07) is 10.7. The molecule has 0 radical (unpaired) electrons. The number of sulfonamides is 1. The molecule has 152 valence electrons. The lowest BCUT2D eigenvalue weighted by molar-refractivity contribution is -0.136. The van der Waals surface area contributed by atoms with Crippen molar-refractivity contribution in [2.75, 3.05) is 10.5 Å². The maximum atomic E-state index is 11.9. The second-order valence-corrected chi connectivity index (χ2v) is 9.74. The summed E-state index contributed by atoms with van der Waals surface area (Å²) in [5.74, 6) is -0.181. The van der Waals surface area contributed by atoms with Gasteiger partial charge in [-0.3, -0.25) is 9.52 Å². The van der Waals surface area contributed by atoms with Gasteiger partial charge in [0.1, 0.15) is 12.4 Å². The Morgan fingerprint density at radius 1 is 1.14 bits per heavy atom. The zero-order valence-electron chi connectivity index (χ0n) is 15.2. The average Bonchev–Trinajstić information content (AvgIpc) is 2.59. The first-order chi connectivity index (χ1) is 13.2. The van der Waals surface area contributed by atoms with Crippen molar-refractivity contribution in [1.29, 1.82) is 0 Å². The van der Waals surface area contributed by atoms with Crippen LogP contribution < -0.4 is 9.46 Å². The third kappa shape index (κ3) is 7.10. The molecule has 2 aromatic rings. The first-order valence-electron chi connectivity index (χ1n) is 8.62. The first-order valence-corrected chi connectivity index (χ1v) is 11.9. The van der Waals surface area contributed by atoms with Crippen LogP contribution in [-0.2, 0) is 27.8 Å². The number of hydrogen-bond acceptors (Lipinski definition) is 4. The van der Waals surface area contributed by atoms with Gasteiger partial charge in [0, 0.05) is 12.1 Å². The fourth-order valence-electron chi connectivity index (χ4n) is 2.53. The summed E-state index contributed by atoms with van der Waals surface area (Å²) in [5, 5.41) is 8.81. The predicted molar refractivity (Wildman–Crippen MR) is 116 cm³/mol. The van der Waals surface area contributed by atoms with E-state index in [-0.39, 0.29) is 18.8 Å². The van der Waals surface area contributed by atoms with Crippen LogP contribution in [0.5, 0.6) is 5.75 Å². The minimum absolute atomic E-state index is 0.0554. The van der Waals surface area contributed by atoms with Crippen LogP contribution in [-0.4, -0.2) is 25.2 Å². The number of anilines is 1. The number of aliphatic carboxylic acids is 1. The highest BCUT2D eigenvalue weighted by Gasteiger charge is 2.12. The lowest BCUT2D eigenvalue weighted by Gasteiger charge is -2.13. The molecule has 0 spiro atoms. The van der Waals surface area contributed by atoms with Crippen LogP contribution in [0.25, 0.3) is 0 Å². The van der Waals surface area contributed by atoms with Gasteiger partial charge in [-0.25, -0.2) is 8.42 Å². The van der Waals surface area contributed by atoms with Crippen LogP contribution in [0.4, 0.5) is 5.69 Å². The fraction of sp³-hybridized carbons (Fsp3) is 0.316. The Kier molecular flexibility index (Phi) is 8.33. The van der Waals surface area contributed by atoms with E-state index in [1.807, 2.05) is 25.1 Å². The van der Waals surface area contributed by atoms with Crippen molar-refractivity contribution < 1.29 is 23.1 Å². The molecule has 2 rings (SSSR count). The van der Waals surface area contributed by atoms with Crippen molar-refractivity contribution in [2.45, 2.75) is 32.8 Å². The number of ether oxygens (including phenoxy) is 1. The highest BCUT2D eigenvalue weighted by molar-refractivity contribution is 9.11. The molecule has 6 nitrogen and oxygen atoms in total. The van der Waals surface area contributed by atoms with Crippen molar-refractivity contribution >= 4 is 53.5 Å². The van der Waals surface area contributed by atoms with E-state index in [0.29, 0.717) is 33.2 Å². The van der Waals surface area contributed by atoms with Gasteiger partial charge < -0.3 is 9.84 Å². The van der Waals surface area contributed by atoms with Crippen LogP contribution in [0.1, 0.15) is 30.9 Å². The largest absolute Gasteiger partial charge is 0.487 e. The number of carbonyl (C=O) groups is 1. The maximum absolute atomic E-state index is 11.9. The highest BCUT2D eigenvalue weighted by Crippen LogP contribution is 2.35. The molecule has 0 heterocycles. The first kappa shape index (κ1) is 22.7. The van der Waals surface area contributed by atoms with E-state index in [1.165, 1.54) is 0 Å². The van der Waals surface area contributed by atoms with Gasteiger partial charge in [-0.1, -0.05) is 19.1 Å². The number of carboxylic acid groups (broad SMARTS) is 1. The number of nitrogens with one attached hydrogen (secondary N) is 1. The van der Waals surface area contributed by atoms with Gasteiger partial charge in [0.15, 0.2) is 0 Å². The molecule has 0 aliphatic heterocycles. The SMILES string of the molecule is CCCS(=O)(=O)Nc1cccc(COc2c(Br)cc(CCC(=O)O)cc2Br)c1. The Hall–Kier alpha value is -1.58. The number of aryl methyl sites for hydroxylation is 1. The normalized spacial score (nSPS) is 11.2. The van der Waals surface area contributed by atoms with Crippen LogP contribution in [0.2, 0.25) is 0 Å². The number of benzene rings is 2. The van der Waals surface area contributed by atoms with Gasteiger partial charge >= 0.3 is 5.97 Å². The molecule has 0 aromatic heterocycles. The molecule has 0 saturated carbocycles. The lowest BCUT2D eigenvalue weighted by Crippen LogP contribution is -2.16. The predicted octanol–water partition coefficient (Wildman–Crippen LogP) is 4.96. The average molecular weight is 535 g/mol. The third-order valence-electron chi connectivity index (χ3n) is 3.74. The second kappa shape index (κ2) is 10.3. The zero-order chi connectivity index (χ0) is 20.7. The van der Waals surface area contributed by atoms with Crippen LogP contribution in [0, 0.1) is 0 Å². The van der Waals surface area contributed by atoms with Crippen molar-refractivity contribution in [3.63, 3.8) is 0 Å². The maximum Gasteiger partial charge on any atom is 0.303 e. The molecular formula is C19H21Br2NO5S. The topological polar surface area (TPSA) is 92.7 Å². The van der Waals surface area contributed by atoms with E-state index in [1.54, 1.807) is 18.2 Å². The number of rotatable bonds is 10. The van der Waals surface area contributed by atoms with Gasteiger partial charge in [0.05, 0.1) is 14.7 Å². The Labute approximate surface area is 181 Å². The van der Waals surface area contributed by atoms with Gasteiger partial charge in [-0.15, -0.1) is 0 Å². The molecule has 0 saturated heterocycles. The summed E-state index contributed by atoms with van der Waals surface area (Å²) in [6.07, 6.45) is 1.02. The van der Waals surface area contributed by atoms with Gasteiger partial charge in [0.25, 0.3) is 0 Å². The van der Waals surface area contributed by atoms with Crippen molar-refractivity contribution in [3.8, 4) is 5.75 Å². The summed E-state index contributed by atoms with van der Waals surface area (Å²) >= 11 is 6.91. The molecule has 2 N–H and O–H groups in total. The summed E-state index contributed by atoms with van der Waals surface area (Å²) in [6.45, 7) is 2.06. The summed E-state index contributed by atoms with van der Waals surface area (Å²) in [5.41, 5.74) is 2.18. The minimum Gasteiger partial charge on any atom is -0.487 e. The standard InChI is InChI=1S/C19H21Br2NO5S/c1-2-8-28(25,26)22-15-5-3-4-14(9-15)12-27-19-16(20)10-13(11-17(19)21)6-7-18(23)24/h3-5,9-11,22H,2,6-8,12H2,1H3,(H,23,24). The Morgan fingerprint density at radius 2 is 1.82 bits per heavy atom. The number of hydrogen-bond donors (Lipinski definition) is 2. The molecule has 0 aliphatic rings. The molecule has 0 aliphatic carbocycles. The zero-order valence-corrected chi connectivity index (χ0v) is 19.2. The molecule has 0 atom stereocenters. The Morgan fingerprint density at radius 3 is 2.43 bits per heavy atom. The molecule has 0 bridgehead atoms. The van der Waals surface area contributed by atoms with Gasteiger partial charge in [-0.05, 0) is 80.1 Å². The van der Waals surface area contributed by atoms with E-state index in [2.05, 4.69) is 36.6 Å². The number of carboxylic acids is 1. The molecule has 0 fully saturated rings. The molecular weight excluding hydrogens is 514 g/mol. The Bertz CT molecular complexity index is 924. The monoisotopic (exact) mass is 533 g/mol. The van der Waals surface area contributed by atoms with Crippen molar-refractivity contribution in [2.24, 2.45) is 0 Å². The highest BCUT2D eigenvalue weighted by atomic mass is 79.9. The number of halogens is 2. The second-order valence-electron chi connectivity index (χ2n) is 6.19. The molecule has 2 aromatic carbocycles. The molecule has 0 amide bonds. The molecule has 0 unspecified atom stereocenters. The summed E-state index contributed by atoms with van der Waals surface area (Å²) in [7, 11) is -3.35. The fourth-order valence-corrected chi connectivity index (χ4v) is 5.16. The smallest absolute Gasteiger partial charge is 0.303 e.